The Labute approximate surface area is 146 Å². The summed E-state index contributed by atoms with van der Waals surface area (Å²) >= 11 is 0. The summed E-state index contributed by atoms with van der Waals surface area (Å²) in [4.78, 5) is 28.0. The first kappa shape index (κ1) is 14.8. The molecule has 0 aliphatic carbocycles. The molecule has 0 unspecified atom stereocenters. The minimum atomic E-state index is -0.581. The monoisotopic (exact) mass is 332 g/mol. The van der Waals surface area contributed by atoms with E-state index >= 15 is 0 Å². The van der Waals surface area contributed by atoms with E-state index in [1.807, 2.05) is 36.4 Å². The van der Waals surface area contributed by atoms with Gasteiger partial charge >= 0.3 is 0 Å². The molecule has 1 amide bonds. The van der Waals surface area contributed by atoms with Gasteiger partial charge < -0.3 is 5.32 Å². The van der Waals surface area contributed by atoms with Crippen LogP contribution in [0.3, 0.4) is 0 Å². The number of para-hydroxylation sites is 1. The van der Waals surface area contributed by atoms with E-state index in [0.29, 0.717) is 12.8 Å². The Bertz CT molecular complexity index is 863. The van der Waals surface area contributed by atoms with Gasteiger partial charge in [-0.05, 0) is 30.0 Å². The lowest BCUT2D eigenvalue weighted by atomic mass is 9.74. The Kier molecular flexibility index (Phi) is 3.13. The Hall–Kier alpha value is -2.46. The molecule has 2 aromatic carbocycles. The molecule has 3 heterocycles. The maximum absolute atomic E-state index is 13.1. The summed E-state index contributed by atoms with van der Waals surface area (Å²) in [7, 11) is 0. The molecule has 25 heavy (non-hydrogen) atoms. The average molecular weight is 332 g/mol. The zero-order valence-corrected chi connectivity index (χ0v) is 13.9. The van der Waals surface area contributed by atoms with Crippen molar-refractivity contribution in [1.29, 1.82) is 0 Å². The average Bonchev–Trinajstić information content (AvgIpc) is 3.04. The Morgan fingerprint density at radius 3 is 2.64 bits per heavy atom. The van der Waals surface area contributed by atoms with Gasteiger partial charge in [-0.25, -0.2) is 0 Å². The highest BCUT2D eigenvalue weighted by Gasteiger charge is 2.63. The number of fused-ring (bicyclic) bond motifs is 5. The summed E-state index contributed by atoms with van der Waals surface area (Å²) in [6.07, 6.45) is 1.94. The molecule has 1 spiro atoms. The molecule has 3 atom stereocenters. The molecule has 5 rings (SSSR count). The van der Waals surface area contributed by atoms with Crippen LogP contribution < -0.4 is 5.32 Å². The van der Waals surface area contributed by atoms with E-state index in [9.17, 15) is 9.59 Å². The van der Waals surface area contributed by atoms with Crippen molar-refractivity contribution < 1.29 is 9.59 Å². The maximum Gasteiger partial charge on any atom is 0.236 e. The first-order valence-corrected chi connectivity index (χ1v) is 8.93. The van der Waals surface area contributed by atoms with Crippen molar-refractivity contribution in [2.24, 2.45) is 0 Å². The molecule has 0 saturated carbocycles. The van der Waals surface area contributed by atoms with Crippen LogP contribution in [0, 0.1) is 0 Å². The molecule has 3 aliphatic heterocycles. The predicted molar refractivity (Wildman–Crippen MR) is 95.2 cm³/mol. The SMILES string of the molecule is O=C1CC[C@@H]2N(Cc3ccccc3)[C@H]1C[C@]21C(=O)Nc2ccccc21. The quantitative estimate of drug-likeness (QED) is 0.920. The van der Waals surface area contributed by atoms with Crippen LogP contribution in [0.2, 0.25) is 0 Å². The summed E-state index contributed by atoms with van der Waals surface area (Å²) in [6.45, 7) is 0.721. The topological polar surface area (TPSA) is 49.4 Å². The Morgan fingerprint density at radius 2 is 1.80 bits per heavy atom. The molecule has 126 valence electrons. The number of hydrogen-bond acceptors (Lipinski definition) is 3. The van der Waals surface area contributed by atoms with Gasteiger partial charge in [-0.3, -0.25) is 14.5 Å². The van der Waals surface area contributed by atoms with E-state index < -0.39 is 5.41 Å². The number of piperidine rings is 1. The number of ketones is 1. The van der Waals surface area contributed by atoms with Gasteiger partial charge in [-0.2, -0.15) is 0 Å². The number of carbonyl (C=O) groups is 2. The van der Waals surface area contributed by atoms with Gasteiger partial charge in [0, 0.05) is 24.7 Å². The smallest absolute Gasteiger partial charge is 0.236 e. The molecule has 4 nitrogen and oxygen atoms in total. The minimum absolute atomic E-state index is 0.0639. The molecule has 0 radical (unpaired) electrons. The fourth-order valence-electron chi connectivity index (χ4n) is 5.10. The predicted octanol–water partition coefficient (Wildman–Crippen LogP) is 2.88. The highest BCUT2D eigenvalue weighted by Crippen LogP contribution is 2.54. The van der Waals surface area contributed by atoms with Crippen LogP contribution in [0.25, 0.3) is 0 Å². The van der Waals surface area contributed by atoms with Crippen LogP contribution in [0.5, 0.6) is 0 Å². The highest BCUT2D eigenvalue weighted by atomic mass is 16.2. The lowest BCUT2D eigenvalue weighted by Crippen LogP contribution is -2.50. The first-order valence-electron chi connectivity index (χ1n) is 8.93. The van der Waals surface area contributed by atoms with Gasteiger partial charge in [-0.1, -0.05) is 48.5 Å². The fourth-order valence-corrected chi connectivity index (χ4v) is 5.10. The fraction of sp³-hybridized carbons (Fsp3) is 0.333. The second-order valence-corrected chi connectivity index (χ2v) is 7.37. The third-order valence-corrected chi connectivity index (χ3v) is 6.19. The van der Waals surface area contributed by atoms with E-state index in [1.54, 1.807) is 0 Å². The van der Waals surface area contributed by atoms with Crippen LogP contribution >= 0.6 is 0 Å². The normalized spacial score (nSPS) is 30.6. The van der Waals surface area contributed by atoms with Crippen molar-refractivity contribution in [2.75, 3.05) is 5.32 Å². The number of carbonyl (C=O) groups excluding carboxylic acids is 2. The van der Waals surface area contributed by atoms with Crippen molar-refractivity contribution in [1.82, 2.24) is 4.90 Å². The van der Waals surface area contributed by atoms with Crippen LogP contribution in [0.1, 0.15) is 30.4 Å². The van der Waals surface area contributed by atoms with E-state index in [4.69, 9.17) is 0 Å². The summed E-state index contributed by atoms with van der Waals surface area (Å²) in [5.41, 5.74) is 2.59. The number of Topliss-reactive ketones (excluding diaryl/α,β-unsaturated/α-hetero) is 1. The molecular weight excluding hydrogens is 312 g/mol. The van der Waals surface area contributed by atoms with Crippen molar-refractivity contribution in [2.45, 2.75) is 43.3 Å². The first-order chi connectivity index (χ1) is 12.2. The standard InChI is InChI=1S/C21H20N2O2/c24-18-10-11-19-21(15-8-4-5-9-16(15)22-20(21)25)12-17(18)23(19)13-14-6-2-1-3-7-14/h1-9,17,19H,10-13H2,(H,22,25)/t17-,19-,21+/m0/s1. The van der Waals surface area contributed by atoms with Crippen LogP contribution in [-0.2, 0) is 21.5 Å². The second-order valence-electron chi connectivity index (χ2n) is 7.37. The summed E-state index contributed by atoms with van der Waals surface area (Å²) in [5.74, 6) is 0.343. The molecule has 2 saturated heterocycles. The summed E-state index contributed by atoms with van der Waals surface area (Å²) in [6, 6.07) is 18.1. The zero-order chi connectivity index (χ0) is 17.0. The molecule has 0 aromatic heterocycles. The molecule has 4 heteroatoms. The van der Waals surface area contributed by atoms with Gasteiger partial charge in [0.05, 0.1) is 11.5 Å². The van der Waals surface area contributed by atoms with Gasteiger partial charge in [0.25, 0.3) is 0 Å². The lowest BCUT2D eigenvalue weighted by Gasteiger charge is -2.37. The largest absolute Gasteiger partial charge is 0.325 e. The van der Waals surface area contributed by atoms with Gasteiger partial charge in [-0.15, -0.1) is 0 Å². The minimum Gasteiger partial charge on any atom is -0.325 e. The van der Waals surface area contributed by atoms with Crippen LogP contribution in [0.15, 0.2) is 54.6 Å². The number of benzene rings is 2. The van der Waals surface area contributed by atoms with Crippen molar-refractivity contribution >= 4 is 17.4 Å². The molecule has 2 bridgehead atoms. The van der Waals surface area contributed by atoms with Gasteiger partial charge in [0.1, 0.15) is 5.78 Å². The van der Waals surface area contributed by atoms with E-state index in [0.717, 1.165) is 24.2 Å². The Balaban J connectivity index is 1.60. The van der Waals surface area contributed by atoms with Crippen molar-refractivity contribution in [3.8, 4) is 0 Å². The van der Waals surface area contributed by atoms with Crippen molar-refractivity contribution in [3.05, 3.63) is 65.7 Å². The van der Waals surface area contributed by atoms with Crippen LogP contribution in [0.4, 0.5) is 5.69 Å². The number of amides is 1. The molecule has 1 N–H and O–H groups in total. The third kappa shape index (κ3) is 1.97. The molecule has 3 aliphatic rings. The summed E-state index contributed by atoms with van der Waals surface area (Å²) in [5, 5.41) is 3.07. The van der Waals surface area contributed by atoms with Crippen LogP contribution in [-0.4, -0.2) is 28.7 Å². The zero-order valence-electron chi connectivity index (χ0n) is 13.9. The highest BCUT2D eigenvalue weighted by molar-refractivity contribution is 6.08. The number of hydrogen-bond donors (Lipinski definition) is 1. The lowest BCUT2D eigenvalue weighted by molar-refractivity contribution is -0.127. The van der Waals surface area contributed by atoms with E-state index in [1.165, 1.54) is 5.56 Å². The van der Waals surface area contributed by atoms with Gasteiger partial charge in [0.2, 0.25) is 5.91 Å². The molecule has 2 aromatic rings. The number of rotatable bonds is 2. The number of anilines is 1. The Morgan fingerprint density at radius 1 is 1.04 bits per heavy atom. The number of nitrogens with one attached hydrogen (secondary N) is 1. The van der Waals surface area contributed by atoms with Gasteiger partial charge in [0.15, 0.2) is 0 Å². The third-order valence-electron chi connectivity index (χ3n) is 6.19. The van der Waals surface area contributed by atoms with Crippen molar-refractivity contribution in [3.63, 3.8) is 0 Å². The molecular formula is C21H20N2O2. The molecule has 2 fully saturated rings. The van der Waals surface area contributed by atoms with E-state index in [2.05, 4.69) is 28.4 Å². The van der Waals surface area contributed by atoms with E-state index in [-0.39, 0.29) is 23.8 Å². The summed E-state index contributed by atoms with van der Waals surface area (Å²) < 4.78 is 0. The number of nitrogens with zero attached hydrogens (tertiary/aromatic N) is 1. The second kappa shape index (κ2) is 5.27. The maximum atomic E-state index is 13.1.